The minimum Gasteiger partial charge on any atom is -0.491 e. The zero-order valence-electron chi connectivity index (χ0n) is 13.4. The SMILES string of the molecule is O=C(Cc1cccc(F)c1)NCC(O)COc1ccc2c(c1)OCO2. The van der Waals surface area contributed by atoms with Gasteiger partial charge >= 0.3 is 0 Å². The fraction of sp³-hybridized carbons (Fsp3) is 0.278. The number of rotatable bonds is 7. The average molecular weight is 347 g/mol. The number of aliphatic hydroxyl groups is 1. The Morgan fingerprint density at radius 1 is 1.24 bits per heavy atom. The number of halogens is 1. The summed E-state index contributed by atoms with van der Waals surface area (Å²) in [4.78, 5) is 11.8. The molecular formula is C18H18FNO5. The van der Waals surface area contributed by atoms with Crippen molar-refractivity contribution in [3.05, 3.63) is 53.8 Å². The molecule has 2 aromatic carbocycles. The zero-order valence-corrected chi connectivity index (χ0v) is 13.4. The molecule has 0 fully saturated rings. The number of benzene rings is 2. The van der Waals surface area contributed by atoms with Crippen molar-refractivity contribution in [2.45, 2.75) is 12.5 Å². The molecule has 0 spiro atoms. The largest absolute Gasteiger partial charge is 0.491 e. The Balaban J connectivity index is 1.40. The monoisotopic (exact) mass is 347 g/mol. The summed E-state index contributed by atoms with van der Waals surface area (Å²) in [5, 5.41) is 12.5. The van der Waals surface area contributed by atoms with Crippen LogP contribution in [0.5, 0.6) is 17.2 Å². The highest BCUT2D eigenvalue weighted by Crippen LogP contribution is 2.35. The highest BCUT2D eigenvalue weighted by atomic mass is 19.1. The van der Waals surface area contributed by atoms with Crippen LogP contribution < -0.4 is 19.5 Å². The first kappa shape index (κ1) is 17.0. The van der Waals surface area contributed by atoms with Crippen molar-refractivity contribution < 1.29 is 28.5 Å². The van der Waals surface area contributed by atoms with Crippen LogP contribution in [0.4, 0.5) is 4.39 Å². The molecule has 0 saturated heterocycles. The molecule has 1 aliphatic rings. The number of nitrogens with one attached hydrogen (secondary N) is 1. The second kappa shape index (κ2) is 7.85. The van der Waals surface area contributed by atoms with Gasteiger partial charge in [0.05, 0.1) is 6.42 Å². The van der Waals surface area contributed by atoms with Gasteiger partial charge in [-0.3, -0.25) is 4.79 Å². The van der Waals surface area contributed by atoms with E-state index in [0.717, 1.165) is 0 Å². The van der Waals surface area contributed by atoms with Crippen molar-refractivity contribution in [2.24, 2.45) is 0 Å². The first-order valence-corrected chi connectivity index (χ1v) is 7.82. The molecule has 6 nitrogen and oxygen atoms in total. The Morgan fingerprint density at radius 3 is 2.92 bits per heavy atom. The van der Waals surface area contributed by atoms with Gasteiger partial charge in [-0.05, 0) is 29.8 Å². The van der Waals surface area contributed by atoms with Crippen LogP contribution in [0.15, 0.2) is 42.5 Å². The van der Waals surface area contributed by atoms with E-state index in [1.807, 2.05) is 0 Å². The molecule has 0 radical (unpaired) electrons. The van der Waals surface area contributed by atoms with Crippen LogP contribution in [0, 0.1) is 5.82 Å². The van der Waals surface area contributed by atoms with Gasteiger partial charge in [0.1, 0.15) is 24.3 Å². The zero-order chi connectivity index (χ0) is 17.6. The molecule has 0 saturated carbocycles. The lowest BCUT2D eigenvalue weighted by Gasteiger charge is -2.13. The van der Waals surface area contributed by atoms with Crippen molar-refractivity contribution in [1.29, 1.82) is 0 Å². The van der Waals surface area contributed by atoms with Crippen LogP contribution in [-0.2, 0) is 11.2 Å². The van der Waals surface area contributed by atoms with Crippen molar-refractivity contribution in [2.75, 3.05) is 19.9 Å². The third-order valence-corrected chi connectivity index (χ3v) is 3.57. The summed E-state index contributed by atoms with van der Waals surface area (Å²) in [5.74, 6) is 1.09. The van der Waals surface area contributed by atoms with Crippen LogP contribution in [0.25, 0.3) is 0 Å². The van der Waals surface area contributed by atoms with Gasteiger partial charge in [0.15, 0.2) is 11.5 Å². The van der Waals surface area contributed by atoms with Crippen LogP contribution in [0.3, 0.4) is 0 Å². The molecule has 0 aliphatic carbocycles. The molecule has 25 heavy (non-hydrogen) atoms. The minimum absolute atomic E-state index is 0.0138. The number of hydrogen-bond donors (Lipinski definition) is 2. The summed E-state index contributed by atoms with van der Waals surface area (Å²) in [7, 11) is 0. The Morgan fingerprint density at radius 2 is 2.08 bits per heavy atom. The molecule has 1 unspecified atom stereocenters. The topological polar surface area (TPSA) is 77.0 Å². The minimum atomic E-state index is -0.873. The molecule has 2 aromatic rings. The van der Waals surface area contributed by atoms with Gasteiger partial charge < -0.3 is 24.6 Å². The van der Waals surface area contributed by atoms with E-state index in [4.69, 9.17) is 14.2 Å². The lowest BCUT2D eigenvalue weighted by atomic mass is 10.1. The van der Waals surface area contributed by atoms with Gasteiger partial charge in [-0.15, -0.1) is 0 Å². The molecule has 0 bridgehead atoms. The Bertz CT molecular complexity index is 752. The van der Waals surface area contributed by atoms with E-state index in [1.165, 1.54) is 12.1 Å². The third kappa shape index (κ3) is 4.84. The van der Waals surface area contributed by atoms with Gasteiger partial charge in [-0.2, -0.15) is 0 Å². The predicted octanol–water partition coefficient (Wildman–Crippen LogP) is 1.65. The summed E-state index contributed by atoms with van der Waals surface area (Å²) in [6, 6.07) is 11.0. The summed E-state index contributed by atoms with van der Waals surface area (Å²) in [6.45, 7) is 0.233. The van der Waals surface area contributed by atoms with Crippen molar-refractivity contribution in [3.8, 4) is 17.2 Å². The van der Waals surface area contributed by atoms with E-state index in [2.05, 4.69) is 5.32 Å². The lowest BCUT2D eigenvalue weighted by molar-refractivity contribution is -0.121. The second-order valence-electron chi connectivity index (χ2n) is 5.59. The maximum Gasteiger partial charge on any atom is 0.231 e. The van der Waals surface area contributed by atoms with Crippen LogP contribution in [-0.4, -0.2) is 37.1 Å². The number of aliphatic hydroxyl groups excluding tert-OH is 1. The molecule has 132 valence electrons. The summed E-state index contributed by atoms with van der Waals surface area (Å²) in [5.41, 5.74) is 0.573. The smallest absolute Gasteiger partial charge is 0.231 e. The quantitative estimate of drug-likeness (QED) is 0.796. The Hall–Kier alpha value is -2.80. The van der Waals surface area contributed by atoms with E-state index in [1.54, 1.807) is 30.3 Å². The standard InChI is InChI=1S/C18H18FNO5/c19-13-3-1-2-12(6-13)7-18(22)20-9-14(21)10-23-15-4-5-16-17(8-15)25-11-24-16/h1-6,8,14,21H,7,9-11H2,(H,20,22). The summed E-state index contributed by atoms with van der Waals surface area (Å²) in [6.07, 6.45) is -0.824. The number of hydrogen-bond acceptors (Lipinski definition) is 5. The molecular weight excluding hydrogens is 329 g/mol. The van der Waals surface area contributed by atoms with Crippen molar-refractivity contribution in [1.82, 2.24) is 5.32 Å². The van der Waals surface area contributed by atoms with Crippen LogP contribution in [0.1, 0.15) is 5.56 Å². The summed E-state index contributed by atoms with van der Waals surface area (Å²) < 4.78 is 29.0. The number of carbonyl (C=O) groups excluding carboxylic acids is 1. The van der Waals surface area contributed by atoms with Gasteiger partial charge in [-0.25, -0.2) is 4.39 Å². The van der Waals surface area contributed by atoms with Gasteiger partial charge in [0.2, 0.25) is 12.7 Å². The summed E-state index contributed by atoms with van der Waals surface area (Å²) >= 11 is 0. The third-order valence-electron chi connectivity index (χ3n) is 3.57. The lowest BCUT2D eigenvalue weighted by Crippen LogP contribution is -2.36. The number of ether oxygens (including phenoxy) is 3. The Kier molecular flexibility index (Phi) is 5.35. The molecule has 2 N–H and O–H groups in total. The number of fused-ring (bicyclic) bond motifs is 1. The molecule has 1 atom stereocenters. The van der Waals surface area contributed by atoms with Crippen molar-refractivity contribution in [3.63, 3.8) is 0 Å². The average Bonchev–Trinajstić information content (AvgIpc) is 3.06. The fourth-order valence-corrected chi connectivity index (χ4v) is 2.34. The van der Waals surface area contributed by atoms with E-state index in [0.29, 0.717) is 22.8 Å². The van der Waals surface area contributed by atoms with Crippen molar-refractivity contribution >= 4 is 5.91 Å². The van der Waals surface area contributed by atoms with Gasteiger partial charge in [-0.1, -0.05) is 12.1 Å². The number of amides is 1. The van der Waals surface area contributed by atoms with E-state index < -0.39 is 6.10 Å². The normalized spacial score (nSPS) is 13.4. The fourth-order valence-electron chi connectivity index (χ4n) is 2.34. The molecule has 0 aromatic heterocycles. The first-order chi connectivity index (χ1) is 12.1. The van der Waals surface area contributed by atoms with Crippen LogP contribution in [0.2, 0.25) is 0 Å². The Labute approximate surface area is 144 Å². The highest BCUT2D eigenvalue weighted by Gasteiger charge is 2.14. The highest BCUT2D eigenvalue weighted by molar-refractivity contribution is 5.78. The number of carbonyl (C=O) groups is 1. The maximum absolute atomic E-state index is 13.1. The van der Waals surface area contributed by atoms with E-state index >= 15 is 0 Å². The molecule has 3 rings (SSSR count). The van der Waals surface area contributed by atoms with E-state index in [9.17, 15) is 14.3 Å². The molecule has 7 heteroatoms. The molecule has 1 amide bonds. The van der Waals surface area contributed by atoms with Gasteiger partial charge in [0.25, 0.3) is 0 Å². The van der Waals surface area contributed by atoms with Gasteiger partial charge in [0, 0.05) is 12.6 Å². The second-order valence-corrected chi connectivity index (χ2v) is 5.59. The van der Waals surface area contributed by atoms with E-state index in [-0.39, 0.29) is 38.1 Å². The molecule has 1 heterocycles. The maximum atomic E-state index is 13.1. The van der Waals surface area contributed by atoms with Crippen LogP contribution >= 0.6 is 0 Å². The molecule has 1 aliphatic heterocycles. The first-order valence-electron chi connectivity index (χ1n) is 7.82. The predicted molar refractivity (Wildman–Crippen MR) is 87.2 cm³/mol.